The first-order valence-corrected chi connectivity index (χ1v) is 5.30. The first-order chi connectivity index (χ1) is 6.74. The Hall–Kier alpha value is -1.02. The fourth-order valence-corrected chi connectivity index (χ4v) is 1.43. The predicted molar refractivity (Wildman–Crippen MR) is 62.3 cm³/mol. The van der Waals surface area contributed by atoms with E-state index >= 15 is 0 Å². The van der Waals surface area contributed by atoms with E-state index in [-0.39, 0.29) is 0 Å². The number of nitrogens with one attached hydrogen (secondary N) is 1. The first kappa shape index (κ1) is 11.1. The van der Waals surface area contributed by atoms with Crippen molar-refractivity contribution >= 4 is 5.69 Å². The zero-order valence-corrected chi connectivity index (χ0v) is 9.33. The second-order valence-corrected chi connectivity index (χ2v) is 3.85. The van der Waals surface area contributed by atoms with E-state index in [0.29, 0.717) is 5.92 Å². The Morgan fingerprint density at radius 1 is 1.21 bits per heavy atom. The van der Waals surface area contributed by atoms with Gasteiger partial charge in [-0.05, 0) is 18.1 Å². The summed E-state index contributed by atoms with van der Waals surface area (Å²) in [6, 6.07) is 10.4. The van der Waals surface area contributed by atoms with Gasteiger partial charge in [0.1, 0.15) is 0 Å². The number of hydrogen-bond acceptors (Lipinski definition) is 2. The molecular weight excluding hydrogens is 172 g/mol. The van der Waals surface area contributed by atoms with E-state index in [1.807, 2.05) is 6.07 Å². The van der Waals surface area contributed by atoms with Gasteiger partial charge in [0.05, 0.1) is 5.69 Å². The molecule has 0 aliphatic carbocycles. The fourth-order valence-electron chi connectivity index (χ4n) is 1.43. The summed E-state index contributed by atoms with van der Waals surface area (Å²) in [4.78, 5) is 0. The molecular formula is C12H20N2. The van der Waals surface area contributed by atoms with Gasteiger partial charge in [-0.1, -0.05) is 39.0 Å². The van der Waals surface area contributed by atoms with E-state index < -0.39 is 0 Å². The van der Waals surface area contributed by atoms with Gasteiger partial charge >= 0.3 is 0 Å². The number of hydrazine groups is 1. The van der Waals surface area contributed by atoms with Gasteiger partial charge in [-0.15, -0.1) is 0 Å². The SMILES string of the molecule is CCNN(CC(C)C)c1ccccc1. The van der Waals surface area contributed by atoms with E-state index in [1.54, 1.807) is 0 Å². The third-order valence-corrected chi connectivity index (χ3v) is 1.96. The maximum absolute atomic E-state index is 3.36. The van der Waals surface area contributed by atoms with E-state index in [1.165, 1.54) is 5.69 Å². The molecule has 1 aromatic rings. The number of anilines is 1. The lowest BCUT2D eigenvalue weighted by atomic mass is 10.2. The number of rotatable bonds is 5. The van der Waals surface area contributed by atoms with Crippen LogP contribution < -0.4 is 10.4 Å². The Labute approximate surface area is 86.9 Å². The minimum Gasteiger partial charge on any atom is -0.308 e. The molecule has 1 N–H and O–H groups in total. The zero-order valence-electron chi connectivity index (χ0n) is 9.33. The van der Waals surface area contributed by atoms with Crippen molar-refractivity contribution in [1.29, 1.82) is 0 Å². The van der Waals surface area contributed by atoms with Crippen LogP contribution in [0.25, 0.3) is 0 Å². The van der Waals surface area contributed by atoms with E-state index in [0.717, 1.165) is 13.1 Å². The third kappa shape index (κ3) is 3.38. The summed E-state index contributed by atoms with van der Waals surface area (Å²) in [6.45, 7) is 8.58. The normalized spacial score (nSPS) is 10.6. The van der Waals surface area contributed by atoms with Crippen molar-refractivity contribution in [3.8, 4) is 0 Å². The Kier molecular flexibility index (Phi) is 4.47. The largest absolute Gasteiger partial charge is 0.308 e. The van der Waals surface area contributed by atoms with Crippen LogP contribution in [0, 0.1) is 5.92 Å². The lowest BCUT2D eigenvalue weighted by Gasteiger charge is -2.26. The molecule has 0 heterocycles. The van der Waals surface area contributed by atoms with Gasteiger partial charge in [0.25, 0.3) is 0 Å². The molecule has 1 rings (SSSR count). The monoisotopic (exact) mass is 192 g/mol. The van der Waals surface area contributed by atoms with Crippen LogP contribution in [0.1, 0.15) is 20.8 Å². The van der Waals surface area contributed by atoms with Gasteiger partial charge in [-0.3, -0.25) is 0 Å². The van der Waals surface area contributed by atoms with Crippen molar-refractivity contribution in [2.45, 2.75) is 20.8 Å². The summed E-state index contributed by atoms with van der Waals surface area (Å²) in [7, 11) is 0. The van der Waals surface area contributed by atoms with Gasteiger partial charge in [-0.2, -0.15) is 0 Å². The van der Waals surface area contributed by atoms with Crippen molar-refractivity contribution in [2.24, 2.45) is 5.92 Å². The molecule has 2 heteroatoms. The fraction of sp³-hybridized carbons (Fsp3) is 0.500. The summed E-state index contributed by atoms with van der Waals surface area (Å²) >= 11 is 0. The molecule has 78 valence electrons. The summed E-state index contributed by atoms with van der Waals surface area (Å²) in [6.07, 6.45) is 0. The second-order valence-electron chi connectivity index (χ2n) is 3.85. The standard InChI is InChI=1S/C12H20N2/c1-4-13-14(10-11(2)3)12-8-6-5-7-9-12/h5-9,11,13H,4,10H2,1-3H3. The van der Waals surface area contributed by atoms with Crippen molar-refractivity contribution in [2.75, 3.05) is 18.1 Å². The van der Waals surface area contributed by atoms with Crippen LogP contribution in [0.5, 0.6) is 0 Å². The van der Waals surface area contributed by atoms with E-state index in [2.05, 4.69) is 55.5 Å². The number of benzene rings is 1. The Bertz CT molecular complexity index is 244. The van der Waals surface area contributed by atoms with Crippen LogP contribution in [-0.2, 0) is 0 Å². The molecule has 0 atom stereocenters. The quantitative estimate of drug-likeness (QED) is 0.722. The average molecular weight is 192 g/mol. The molecule has 0 amide bonds. The molecule has 0 spiro atoms. The van der Waals surface area contributed by atoms with Crippen molar-refractivity contribution in [3.63, 3.8) is 0 Å². The highest BCUT2D eigenvalue weighted by atomic mass is 15.5. The molecule has 0 saturated heterocycles. The Morgan fingerprint density at radius 3 is 2.36 bits per heavy atom. The maximum atomic E-state index is 3.36. The predicted octanol–water partition coefficient (Wildman–Crippen LogP) is 2.67. The number of nitrogens with zero attached hydrogens (tertiary/aromatic N) is 1. The minimum atomic E-state index is 0.661. The molecule has 0 aliphatic rings. The van der Waals surface area contributed by atoms with Crippen molar-refractivity contribution in [1.82, 2.24) is 5.43 Å². The second kappa shape index (κ2) is 5.66. The summed E-state index contributed by atoms with van der Waals surface area (Å²) in [5, 5.41) is 2.21. The summed E-state index contributed by atoms with van der Waals surface area (Å²) in [5.74, 6) is 0.661. The highest BCUT2D eigenvalue weighted by Gasteiger charge is 2.05. The number of para-hydroxylation sites is 1. The minimum absolute atomic E-state index is 0.661. The molecule has 0 bridgehead atoms. The molecule has 0 fully saturated rings. The van der Waals surface area contributed by atoms with Gasteiger partial charge < -0.3 is 5.01 Å². The maximum Gasteiger partial charge on any atom is 0.0519 e. The van der Waals surface area contributed by atoms with Crippen LogP contribution in [0.2, 0.25) is 0 Å². The van der Waals surface area contributed by atoms with Crippen LogP contribution in [-0.4, -0.2) is 13.1 Å². The van der Waals surface area contributed by atoms with Crippen LogP contribution >= 0.6 is 0 Å². The molecule has 1 aromatic carbocycles. The average Bonchev–Trinajstić information content (AvgIpc) is 2.18. The van der Waals surface area contributed by atoms with Gasteiger partial charge in [0, 0.05) is 13.1 Å². The van der Waals surface area contributed by atoms with E-state index in [9.17, 15) is 0 Å². The third-order valence-electron chi connectivity index (χ3n) is 1.96. The highest BCUT2D eigenvalue weighted by Crippen LogP contribution is 2.12. The Morgan fingerprint density at radius 2 is 1.86 bits per heavy atom. The summed E-state index contributed by atoms with van der Waals surface area (Å²) in [5.41, 5.74) is 4.60. The van der Waals surface area contributed by atoms with Crippen molar-refractivity contribution < 1.29 is 0 Å². The smallest absolute Gasteiger partial charge is 0.0519 e. The molecule has 0 aromatic heterocycles. The van der Waals surface area contributed by atoms with Gasteiger partial charge in [0.2, 0.25) is 0 Å². The first-order valence-electron chi connectivity index (χ1n) is 5.30. The highest BCUT2D eigenvalue weighted by molar-refractivity contribution is 5.44. The summed E-state index contributed by atoms with van der Waals surface area (Å²) < 4.78 is 0. The van der Waals surface area contributed by atoms with Gasteiger partial charge in [-0.25, -0.2) is 5.43 Å². The lowest BCUT2D eigenvalue weighted by Crippen LogP contribution is -2.40. The molecule has 0 saturated carbocycles. The van der Waals surface area contributed by atoms with Crippen LogP contribution in [0.4, 0.5) is 5.69 Å². The molecule has 14 heavy (non-hydrogen) atoms. The molecule has 0 aliphatic heterocycles. The molecule has 0 unspecified atom stereocenters. The topological polar surface area (TPSA) is 15.3 Å². The van der Waals surface area contributed by atoms with Crippen molar-refractivity contribution in [3.05, 3.63) is 30.3 Å². The number of hydrogen-bond donors (Lipinski definition) is 1. The zero-order chi connectivity index (χ0) is 10.4. The lowest BCUT2D eigenvalue weighted by molar-refractivity contribution is 0.552. The van der Waals surface area contributed by atoms with Crippen LogP contribution in [0.3, 0.4) is 0 Å². The van der Waals surface area contributed by atoms with E-state index in [4.69, 9.17) is 0 Å². The van der Waals surface area contributed by atoms with Crippen LogP contribution in [0.15, 0.2) is 30.3 Å². The molecule has 2 nitrogen and oxygen atoms in total. The molecule has 0 radical (unpaired) electrons. The Balaban J connectivity index is 2.67. The van der Waals surface area contributed by atoms with Gasteiger partial charge in [0.15, 0.2) is 0 Å².